The van der Waals surface area contributed by atoms with Crippen molar-refractivity contribution in [3.8, 4) is 17.1 Å². The van der Waals surface area contributed by atoms with Crippen LogP contribution in [0, 0.1) is 0 Å². The van der Waals surface area contributed by atoms with E-state index in [4.69, 9.17) is 4.74 Å². The molecule has 6 heteroatoms. The van der Waals surface area contributed by atoms with Crippen molar-refractivity contribution in [2.24, 2.45) is 0 Å². The van der Waals surface area contributed by atoms with Gasteiger partial charge in [0.15, 0.2) is 0 Å². The lowest BCUT2D eigenvalue weighted by atomic mass is 10.2. The number of benzene rings is 3. The Hall–Kier alpha value is -3.80. The summed E-state index contributed by atoms with van der Waals surface area (Å²) in [6, 6.07) is 22.2. The summed E-state index contributed by atoms with van der Waals surface area (Å²) in [5, 5.41) is 5.63. The van der Waals surface area contributed by atoms with Gasteiger partial charge >= 0.3 is 6.03 Å². The second-order valence-electron chi connectivity index (χ2n) is 5.99. The van der Waals surface area contributed by atoms with Crippen LogP contribution in [0.2, 0.25) is 0 Å². The van der Waals surface area contributed by atoms with Crippen molar-refractivity contribution in [3.63, 3.8) is 0 Å². The monoisotopic (exact) mass is 358 g/mol. The Morgan fingerprint density at radius 2 is 1.67 bits per heavy atom. The molecule has 4 rings (SSSR count). The van der Waals surface area contributed by atoms with Gasteiger partial charge < -0.3 is 20.4 Å². The second kappa shape index (κ2) is 7.21. The van der Waals surface area contributed by atoms with Gasteiger partial charge in [-0.3, -0.25) is 0 Å². The number of carbonyl (C=O) groups is 1. The molecule has 3 aromatic carbocycles. The predicted molar refractivity (Wildman–Crippen MR) is 107 cm³/mol. The van der Waals surface area contributed by atoms with Crippen LogP contribution in [0.5, 0.6) is 5.75 Å². The van der Waals surface area contributed by atoms with Crippen molar-refractivity contribution in [2.45, 2.75) is 0 Å². The number of rotatable bonds is 4. The van der Waals surface area contributed by atoms with Crippen LogP contribution in [0.4, 0.5) is 16.2 Å². The minimum Gasteiger partial charge on any atom is -0.497 e. The number of methoxy groups -OCH3 is 1. The summed E-state index contributed by atoms with van der Waals surface area (Å²) in [6.45, 7) is 0. The third kappa shape index (κ3) is 3.74. The molecule has 0 aliphatic heterocycles. The number of H-pyrrole nitrogens is 1. The smallest absolute Gasteiger partial charge is 0.323 e. The summed E-state index contributed by atoms with van der Waals surface area (Å²) in [5.41, 5.74) is 4.10. The highest BCUT2D eigenvalue weighted by atomic mass is 16.5. The Morgan fingerprint density at radius 3 is 2.44 bits per heavy atom. The second-order valence-corrected chi connectivity index (χ2v) is 5.99. The molecule has 0 bridgehead atoms. The van der Waals surface area contributed by atoms with E-state index < -0.39 is 0 Å². The first-order chi connectivity index (χ1) is 13.2. The van der Waals surface area contributed by atoms with Gasteiger partial charge in [-0.1, -0.05) is 30.3 Å². The molecular formula is C21H18N4O2. The number of carbonyl (C=O) groups excluding carboxylic acids is 1. The van der Waals surface area contributed by atoms with E-state index >= 15 is 0 Å². The molecule has 0 unspecified atom stereocenters. The van der Waals surface area contributed by atoms with Crippen LogP contribution < -0.4 is 15.4 Å². The standard InChI is InChI=1S/C21H18N4O2/c1-27-17-9-5-8-16(13-17)23-21(26)22-15-7-4-6-14(12-15)20-24-18-10-2-3-11-19(18)25-20/h2-13H,1H3,(H,24,25)(H2,22,23,26). The highest BCUT2D eigenvalue weighted by Gasteiger charge is 2.08. The summed E-state index contributed by atoms with van der Waals surface area (Å²) in [7, 11) is 1.59. The summed E-state index contributed by atoms with van der Waals surface area (Å²) < 4.78 is 5.16. The van der Waals surface area contributed by atoms with Crippen molar-refractivity contribution in [1.29, 1.82) is 0 Å². The third-order valence-corrected chi connectivity index (χ3v) is 4.11. The number of nitrogens with one attached hydrogen (secondary N) is 3. The normalized spacial score (nSPS) is 10.6. The lowest BCUT2D eigenvalue weighted by Gasteiger charge is -2.09. The first-order valence-electron chi connectivity index (χ1n) is 8.48. The van der Waals surface area contributed by atoms with Gasteiger partial charge in [-0.25, -0.2) is 9.78 Å². The van der Waals surface area contributed by atoms with Crippen LogP contribution in [0.25, 0.3) is 22.4 Å². The number of aromatic amines is 1. The van der Waals surface area contributed by atoms with Gasteiger partial charge in [0.05, 0.1) is 18.1 Å². The zero-order valence-electron chi connectivity index (χ0n) is 14.7. The number of urea groups is 1. The van der Waals surface area contributed by atoms with E-state index in [1.54, 1.807) is 19.2 Å². The van der Waals surface area contributed by atoms with Crippen LogP contribution in [-0.2, 0) is 0 Å². The zero-order valence-corrected chi connectivity index (χ0v) is 14.7. The number of ether oxygens (including phenoxy) is 1. The number of imidazole rings is 1. The molecule has 2 amide bonds. The fourth-order valence-electron chi connectivity index (χ4n) is 2.83. The van der Waals surface area contributed by atoms with Crippen molar-refractivity contribution in [1.82, 2.24) is 9.97 Å². The first-order valence-corrected chi connectivity index (χ1v) is 8.48. The average molecular weight is 358 g/mol. The number of nitrogens with zero attached hydrogens (tertiary/aromatic N) is 1. The van der Waals surface area contributed by atoms with Crippen molar-refractivity contribution < 1.29 is 9.53 Å². The lowest BCUT2D eigenvalue weighted by molar-refractivity contribution is 0.262. The molecule has 0 radical (unpaired) electrons. The fraction of sp³-hybridized carbons (Fsp3) is 0.0476. The predicted octanol–water partition coefficient (Wildman–Crippen LogP) is 4.88. The van der Waals surface area contributed by atoms with Crippen LogP contribution in [0.3, 0.4) is 0 Å². The lowest BCUT2D eigenvalue weighted by Crippen LogP contribution is -2.19. The van der Waals surface area contributed by atoms with E-state index in [0.29, 0.717) is 17.1 Å². The summed E-state index contributed by atoms with van der Waals surface area (Å²) in [5.74, 6) is 1.44. The molecule has 0 saturated carbocycles. The highest BCUT2D eigenvalue weighted by Crippen LogP contribution is 2.23. The molecule has 27 heavy (non-hydrogen) atoms. The fourth-order valence-corrected chi connectivity index (χ4v) is 2.83. The molecular weight excluding hydrogens is 340 g/mol. The minimum absolute atomic E-state index is 0.329. The zero-order chi connectivity index (χ0) is 18.6. The first kappa shape index (κ1) is 16.7. The van der Waals surface area contributed by atoms with Gasteiger partial charge in [-0.2, -0.15) is 0 Å². The molecule has 0 saturated heterocycles. The van der Waals surface area contributed by atoms with Gasteiger partial charge in [-0.05, 0) is 36.4 Å². The van der Waals surface area contributed by atoms with Gasteiger partial charge in [-0.15, -0.1) is 0 Å². The van der Waals surface area contributed by atoms with Gasteiger partial charge in [0.2, 0.25) is 0 Å². The molecule has 4 aromatic rings. The van der Waals surface area contributed by atoms with Gasteiger partial charge in [0.25, 0.3) is 0 Å². The van der Waals surface area contributed by atoms with Crippen LogP contribution >= 0.6 is 0 Å². The molecule has 0 atom stereocenters. The van der Waals surface area contributed by atoms with Gasteiger partial charge in [0, 0.05) is 23.0 Å². The van der Waals surface area contributed by atoms with E-state index in [1.807, 2.05) is 60.7 Å². The summed E-state index contributed by atoms with van der Waals surface area (Å²) in [6.07, 6.45) is 0. The number of aromatic nitrogens is 2. The number of hydrogen-bond donors (Lipinski definition) is 3. The number of anilines is 2. The minimum atomic E-state index is -0.329. The maximum atomic E-state index is 12.3. The van der Waals surface area contributed by atoms with E-state index in [2.05, 4.69) is 20.6 Å². The highest BCUT2D eigenvalue weighted by molar-refractivity contribution is 6.00. The van der Waals surface area contributed by atoms with E-state index in [-0.39, 0.29) is 6.03 Å². The quantitative estimate of drug-likeness (QED) is 0.486. The summed E-state index contributed by atoms with van der Waals surface area (Å²) in [4.78, 5) is 20.2. The Kier molecular flexibility index (Phi) is 4.45. The van der Waals surface area contributed by atoms with Crippen LogP contribution in [0.1, 0.15) is 0 Å². The molecule has 0 aliphatic rings. The van der Waals surface area contributed by atoms with Gasteiger partial charge in [0.1, 0.15) is 11.6 Å². The molecule has 0 spiro atoms. The molecule has 1 aromatic heterocycles. The topological polar surface area (TPSA) is 79.0 Å². The van der Waals surface area contributed by atoms with E-state index in [0.717, 1.165) is 22.4 Å². The molecule has 1 heterocycles. The summed E-state index contributed by atoms with van der Waals surface area (Å²) >= 11 is 0. The maximum Gasteiger partial charge on any atom is 0.323 e. The van der Waals surface area contributed by atoms with E-state index in [9.17, 15) is 4.79 Å². The largest absolute Gasteiger partial charge is 0.497 e. The Bertz CT molecular complexity index is 1070. The number of hydrogen-bond acceptors (Lipinski definition) is 3. The van der Waals surface area contributed by atoms with Crippen LogP contribution in [0.15, 0.2) is 72.8 Å². The Labute approximate surface area is 156 Å². The molecule has 0 aliphatic carbocycles. The number of fused-ring (bicyclic) bond motifs is 1. The number of amides is 2. The van der Waals surface area contributed by atoms with E-state index in [1.165, 1.54) is 0 Å². The average Bonchev–Trinajstić information content (AvgIpc) is 3.12. The number of para-hydroxylation sites is 2. The SMILES string of the molecule is COc1cccc(NC(=O)Nc2cccc(-c3nc4ccccc4[nH]3)c2)c1. The Balaban J connectivity index is 1.51. The molecule has 6 nitrogen and oxygen atoms in total. The van der Waals surface area contributed by atoms with Crippen LogP contribution in [-0.4, -0.2) is 23.1 Å². The Morgan fingerprint density at radius 1 is 0.926 bits per heavy atom. The molecule has 134 valence electrons. The van der Waals surface area contributed by atoms with Crippen molar-refractivity contribution in [3.05, 3.63) is 72.8 Å². The van der Waals surface area contributed by atoms with Crippen molar-refractivity contribution in [2.75, 3.05) is 17.7 Å². The maximum absolute atomic E-state index is 12.3. The molecule has 0 fully saturated rings. The third-order valence-electron chi connectivity index (χ3n) is 4.11. The van der Waals surface area contributed by atoms with Crippen molar-refractivity contribution >= 4 is 28.4 Å². The molecule has 3 N–H and O–H groups in total.